The van der Waals surface area contributed by atoms with E-state index in [1.807, 2.05) is 13.8 Å². The highest BCUT2D eigenvalue weighted by atomic mass is 16.6. The van der Waals surface area contributed by atoms with Crippen LogP contribution in [0, 0.1) is 17.8 Å². The van der Waals surface area contributed by atoms with Crippen LogP contribution < -0.4 is 0 Å². The first-order chi connectivity index (χ1) is 8.97. The van der Waals surface area contributed by atoms with E-state index >= 15 is 0 Å². The van der Waals surface area contributed by atoms with Gasteiger partial charge in [-0.05, 0) is 26.2 Å². The molecule has 0 aliphatic rings. The summed E-state index contributed by atoms with van der Waals surface area (Å²) in [5.74, 6) is -1.94. The van der Waals surface area contributed by atoms with Crippen LogP contribution >= 0.6 is 0 Å². The third kappa shape index (κ3) is 6.36. The molecule has 0 aliphatic carbocycles. The normalized spacial score (nSPS) is 13.0. The molecular formula is C14H25NO4. The maximum absolute atomic E-state index is 12.0. The predicted molar refractivity (Wildman–Crippen MR) is 74.1 cm³/mol. The molecule has 0 amide bonds. The number of nitrogens with zero attached hydrogens (tertiary/aromatic N) is 1. The largest absolute Gasteiger partial charge is 0.465 e. The Balaban J connectivity index is 5.13. The van der Waals surface area contributed by atoms with Crippen molar-refractivity contribution in [1.82, 2.24) is 0 Å². The van der Waals surface area contributed by atoms with Crippen LogP contribution in [0.3, 0.4) is 0 Å². The number of ether oxygens (including phenoxy) is 2. The quantitative estimate of drug-likeness (QED) is 0.385. The Morgan fingerprint density at radius 3 is 1.89 bits per heavy atom. The highest BCUT2D eigenvalue weighted by Gasteiger charge is 2.36. The van der Waals surface area contributed by atoms with Gasteiger partial charge in [-0.2, -0.15) is 0 Å². The van der Waals surface area contributed by atoms with Gasteiger partial charge in [0, 0.05) is 19.2 Å². The van der Waals surface area contributed by atoms with Gasteiger partial charge in [-0.25, -0.2) is 0 Å². The summed E-state index contributed by atoms with van der Waals surface area (Å²) in [7, 11) is 1.63. The number of hydrogen-bond donors (Lipinski definition) is 0. The van der Waals surface area contributed by atoms with Crippen molar-refractivity contribution in [3.05, 3.63) is 0 Å². The lowest BCUT2D eigenvalue weighted by Crippen LogP contribution is -2.36. The summed E-state index contributed by atoms with van der Waals surface area (Å²) in [5.41, 5.74) is 0. The lowest BCUT2D eigenvalue weighted by atomic mass is 9.86. The van der Waals surface area contributed by atoms with Crippen LogP contribution in [0.1, 0.15) is 34.1 Å². The van der Waals surface area contributed by atoms with Crippen molar-refractivity contribution in [1.29, 1.82) is 0 Å². The molecule has 0 aromatic carbocycles. The summed E-state index contributed by atoms with van der Waals surface area (Å²) in [6.45, 7) is 7.98. The molecule has 0 bridgehead atoms. The molecule has 5 nitrogen and oxygen atoms in total. The van der Waals surface area contributed by atoms with Gasteiger partial charge in [0.25, 0.3) is 0 Å². The van der Waals surface area contributed by atoms with Crippen LogP contribution in [0.25, 0.3) is 0 Å². The third-order valence-corrected chi connectivity index (χ3v) is 2.59. The Kier molecular flexibility index (Phi) is 8.83. The van der Waals surface area contributed by atoms with Crippen molar-refractivity contribution in [3.8, 4) is 0 Å². The molecule has 0 saturated heterocycles. The Morgan fingerprint density at radius 1 is 1.11 bits per heavy atom. The molecule has 1 unspecified atom stereocenters. The van der Waals surface area contributed by atoms with Gasteiger partial charge in [-0.3, -0.25) is 9.59 Å². The molecule has 0 saturated carbocycles. The van der Waals surface area contributed by atoms with Crippen molar-refractivity contribution in [2.75, 3.05) is 20.3 Å². The average molecular weight is 271 g/mol. The minimum Gasteiger partial charge on any atom is -0.465 e. The van der Waals surface area contributed by atoms with E-state index in [9.17, 15) is 9.59 Å². The van der Waals surface area contributed by atoms with Crippen molar-refractivity contribution >= 4 is 18.2 Å². The highest BCUT2D eigenvalue weighted by molar-refractivity contribution is 5.97. The maximum atomic E-state index is 12.0. The highest BCUT2D eigenvalue weighted by Crippen LogP contribution is 2.22. The zero-order chi connectivity index (χ0) is 14.8. The number of aliphatic imine (C=N–C) groups is 1. The molecule has 0 N–H and O–H groups in total. The fourth-order valence-corrected chi connectivity index (χ4v) is 1.93. The zero-order valence-electron chi connectivity index (χ0n) is 12.5. The minimum absolute atomic E-state index is 0.242. The van der Waals surface area contributed by atoms with E-state index in [2.05, 4.69) is 4.99 Å². The minimum atomic E-state index is -0.925. The standard InChI is InChI=1S/C14H25NO4/c1-6-18-13(16)12(14(17)19-7-2)11(9-15-5)8-10(3)4/h9-12H,6-8H2,1-5H3. The summed E-state index contributed by atoms with van der Waals surface area (Å²) in [6.07, 6.45) is 2.32. The van der Waals surface area contributed by atoms with Gasteiger partial charge in [0.2, 0.25) is 0 Å². The lowest BCUT2D eigenvalue weighted by Gasteiger charge is -2.22. The smallest absolute Gasteiger partial charge is 0.320 e. The van der Waals surface area contributed by atoms with E-state index in [1.54, 1.807) is 27.1 Å². The molecule has 19 heavy (non-hydrogen) atoms. The average Bonchev–Trinajstić information content (AvgIpc) is 2.29. The number of esters is 2. The van der Waals surface area contributed by atoms with E-state index in [4.69, 9.17) is 9.47 Å². The fraction of sp³-hybridized carbons (Fsp3) is 0.786. The molecule has 110 valence electrons. The zero-order valence-corrected chi connectivity index (χ0v) is 12.5. The Hall–Kier alpha value is -1.39. The second-order valence-electron chi connectivity index (χ2n) is 4.68. The SMILES string of the molecule is CCOC(=O)C(C(=O)OCC)C(C=NC)CC(C)C. The Labute approximate surface area is 115 Å². The first-order valence-electron chi connectivity index (χ1n) is 6.73. The molecule has 0 aliphatic heterocycles. The molecule has 0 aromatic heterocycles. The topological polar surface area (TPSA) is 65.0 Å². The van der Waals surface area contributed by atoms with Gasteiger partial charge < -0.3 is 14.5 Å². The maximum Gasteiger partial charge on any atom is 0.320 e. The van der Waals surface area contributed by atoms with E-state index in [1.165, 1.54) is 0 Å². The van der Waals surface area contributed by atoms with E-state index in [-0.39, 0.29) is 19.1 Å². The van der Waals surface area contributed by atoms with Crippen molar-refractivity contribution < 1.29 is 19.1 Å². The van der Waals surface area contributed by atoms with E-state index < -0.39 is 17.9 Å². The Bertz CT molecular complexity index is 295. The van der Waals surface area contributed by atoms with Crippen molar-refractivity contribution in [3.63, 3.8) is 0 Å². The molecule has 1 atom stereocenters. The summed E-state index contributed by atoms with van der Waals surface area (Å²) in [6, 6.07) is 0. The van der Waals surface area contributed by atoms with Crippen LogP contribution in [0.15, 0.2) is 4.99 Å². The first kappa shape index (κ1) is 17.6. The number of rotatable bonds is 8. The van der Waals surface area contributed by atoms with Crippen LogP contribution in [-0.4, -0.2) is 38.4 Å². The molecule has 5 heteroatoms. The fourth-order valence-electron chi connectivity index (χ4n) is 1.93. The first-order valence-corrected chi connectivity index (χ1v) is 6.73. The molecule has 0 heterocycles. The number of carbonyl (C=O) groups is 2. The third-order valence-electron chi connectivity index (χ3n) is 2.59. The molecule has 0 radical (unpaired) electrons. The van der Waals surface area contributed by atoms with Crippen LogP contribution in [0.2, 0.25) is 0 Å². The van der Waals surface area contributed by atoms with E-state index in [0.29, 0.717) is 12.3 Å². The molecule has 0 aromatic rings. The van der Waals surface area contributed by atoms with Crippen LogP contribution in [-0.2, 0) is 19.1 Å². The summed E-state index contributed by atoms with van der Waals surface area (Å²) < 4.78 is 9.96. The van der Waals surface area contributed by atoms with Crippen molar-refractivity contribution in [2.45, 2.75) is 34.1 Å². The van der Waals surface area contributed by atoms with Gasteiger partial charge in [0.15, 0.2) is 5.92 Å². The van der Waals surface area contributed by atoms with Crippen LogP contribution in [0.5, 0.6) is 0 Å². The Morgan fingerprint density at radius 2 is 1.58 bits per heavy atom. The summed E-state index contributed by atoms with van der Waals surface area (Å²) in [5, 5.41) is 0. The second-order valence-corrected chi connectivity index (χ2v) is 4.68. The molecule has 0 spiro atoms. The van der Waals surface area contributed by atoms with E-state index in [0.717, 1.165) is 0 Å². The number of hydrogen-bond acceptors (Lipinski definition) is 5. The summed E-state index contributed by atoms with van der Waals surface area (Å²) >= 11 is 0. The van der Waals surface area contributed by atoms with Crippen LogP contribution in [0.4, 0.5) is 0 Å². The van der Waals surface area contributed by atoms with Gasteiger partial charge in [-0.15, -0.1) is 0 Å². The van der Waals surface area contributed by atoms with Gasteiger partial charge in [-0.1, -0.05) is 13.8 Å². The molecule has 0 fully saturated rings. The monoisotopic (exact) mass is 271 g/mol. The van der Waals surface area contributed by atoms with Crippen molar-refractivity contribution in [2.24, 2.45) is 22.7 Å². The van der Waals surface area contributed by atoms with Gasteiger partial charge in [0.1, 0.15) is 0 Å². The molecule has 0 rings (SSSR count). The molecular weight excluding hydrogens is 246 g/mol. The summed E-state index contributed by atoms with van der Waals surface area (Å²) in [4.78, 5) is 27.9. The van der Waals surface area contributed by atoms with Gasteiger partial charge >= 0.3 is 11.9 Å². The second kappa shape index (κ2) is 9.53. The number of carbonyl (C=O) groups excluding carboxylic acids is 2. The predicted octanol–water partition coefficient (Wildman–Crippen LogP) is 2.09. The van der Waals surface area contributed by atoms with Gasteiger partial charge in [0.05, 0.1) is 13.2 Å². The lowest BCUT2D eigenvalue weighted by molar-refractivity contribution is -0.163.